The second-order valence-electron chi connectivity index (χ2n) is 9.42. The van der Waals surface area contributed by atoms with Crippen LogP contribution >= 0.6 is 0 Å². The third-order valence-corrected chi connectivity index (χ3v) is 7.40. The van der Waals surface area contributed by atoms with E-state index >= 15 is 0 Å². The molecule has 2 aliphatic rings. The summed E-state index contributed by atoms with van der Waals surface area (Å²) in [5.74, 6) is -1.46. The van der Waals surface area contributed by atoms with Gasteiger partial charge in [0.25, 0.3) is 0 Å². The first-order chi connectivity index (χ1) is 18.8. The Morgan fingerprint density at radius 2 is 1.59 bits per heavy atom. The molecule has 8 heteroatoms. The van der Waals surface area contributed by atoms with Gasteiger partial charge in [0.2, 0.25) is 0 Å². The van der Waals surface area contributed by atoms with Crippen molar-refractivity contribution in [2.45, 2.75) is 24.9 Å². The largest absolute Gasteiger partial charge is 0.497 e. The third-order valence-electron chi connectivity index (χ3n) is 7.40. The van der Waals surface area contributed by atoms with Gasteiger partial charge in [-0.3, -0.25) is 14.4 Å². The van der Waals surface area contributed by atoms with Crippen LogP contribution in [0, 0.1) is 16.7 Å². The molecule has 39 heavy (non-hydrogen) atoms. The minimum atomic E-state index is -1.73. The van der Waals surface area contributed by atoms with E-state index in [9.17, 15) is 19.6 Å². The van der Waals surface area contributed by atoms with Crippen LogP contribution in [0.2, 0.25) is 0 Å². The smallest absolute Gasteiger partial charge is 0.329 e. The Morgan fingerprint density at radius 1 is 0.923 bits per heavy atom. The molecule has 0 amide bonds. The van der Waals surface area contributed by atoms with Crippen molar-refractivity contribution in [2.24, 2.45) is 5.41 Å². The number of para-hydroxylation sites is 1. The van der Waals surface area contributed by atoms with Gasteiger partial charge in [-0.25, -0.2) is 0 Å². The molecule has 0 aliphatic carbocycles. The molecule has 1 saturated heterocycles. The van der Waals surface area contributed by atoms with Crippen molar-refractivity contribution in [3.8, 4) is 17.6 Å². The van der Waals surface area contributed by atoms with Crippen molar-refractivity contribution in [3.05, 3.63) is 95.6 Å². The summed E-state index contributed by atoms with van der Waals surface area (Å²) in [6.07, 6.45) is 3.67. The van der Waals surface area contributed by atoms with Crippen LogP contribution in [-0.2, 0) is 14.3 Å². The van der Waals surface area contributed by atoms with E-state index in [1.807, 2.05) is 35.2 Å². The molecular weight excluding hydrogens is 496 g/mol. The van der Waals surface area contributed by atoms with Crippen LogP contribution in [0.25, 0.3) is 6.08 Å². The van der Waals surface area contributed by atoms with Crippen molar-refractivity contribution >= 4 is 29.5 Å². The van der Waals surface area contributed by atoms with Crippen LogP contribution in [-0.4, -0.2) is 44.0 Å². The zero-order valence-corrected chi connectivity index (χ0v) is 21.7. The molecule has 2 aliphatic heterocycles. The lowest BCUT2D eigenvalue weighted by Gasteiger charge is -2.36. The van der Waals surface area contributed by atoms with Gasteiger partial charge in [-0.2, -0.15) is 5.26 Å². The first-order valence-corrected chi connectivity index (χ1v) is 12.4. The molecule has 0 aromatic heterocycles. The van der Waals surface area contributed by atoms with Gasteiger partial charge in [0.1, 0.15) is 17.5 Å². The number of benzene rings is 3. The van der Waals surface area contributed by atoms with Crippen molar-refractivity contribution < 1.29 is 28.6 Å². The number of nitrogens with zero attached hydrogens (tertiary/aromatic N) is 2. The zero-order chi connectivity index (χ0) is 27.7. The Morgan fingerprint density at radius 3 is 2.21 bits per heavy atom. The summed E-state index contributed by atoms with van der Waals surface area (Å²) < 4.78 is 15.7. The molecule has 8 nitrogen and oxygen atoms in total. The molecule has 0 unspecified atom stereocenters. The number of fused-ring (bicyclic) bond motifs is 3. The average Bonchev–Trinajstić information content (AvgIpc) is 3.28. The van der Waals surface area contributed by atoms with Crippen molar-refractivity contribution in [1.29, 1.82) is 5.26 Å². The summed E-state index contributed by atoms with van der Waals surface area (Å²) >= 11 is 0. The number of ketones is 1. The van der Waals surface area contributed by atoms with E-state index in [0.717, 1.165) is 11.3 Å². The fourth-order valence-corrected chi connectivity index (χ4v) is 5.74. The highest BCUT2D eigenvalue weighted by molar-refractivity contribution is 6.06. The monoisotopic (exact) mass is 522 g/mol. The fourth-order valence-electron chi connectivity index (χ4n) is 5.74. The lowest BCUT2D eigenvalue weighted by molar-refractivity contribution is -0.150. The second kappa shape index (κ2) is 10.1. The predicted octanol–water partition coefficient (Wildman–Crippen LogP) is 4.55. The van der Waals surface area contributed by atoms with Gasteiger partial charge < -0.3 is 19.1 Å². The molecule has 0 bridgehead atoms. The van der Waals surface area contributed by atoms with Crippen molar-refractivity contribution in [1.82, 2.24) is 0 Å². The maximum Gasteiger partial charge on any atom is 0.329 e. The van der Waals surface area contributed by atoms with Crippen LogP contribution in [0.5, 0.6) is 11.5 Å². The first-order valence-electron chi connectivity index (χ1n) is 12.4. The normalized spacial score (nSPS) is 22.7. The van der Waals surface area contributed by atoms with E-state index in [1.165, 1.54) is 14.0 Å². The van der Waals surface area contributed by atoms with Crippen molar-refractivity contribution in [3.63, 3.8) is 0 Å². The molecule has 0 radical (unpaired) electrons. The predicted molar refractivity (Wildman–Crippen MR) is 143 cm³/mol. The van der Waals surface area contributed by atoms with Gasteiger partial charge in [-0.1, -0.05) is 42.5 Å². The molecule has 196 valence electrons. The zero-order valence-electron chi connectivity index (χ0n) is 21.7. The Labute approximate surface area is 226 Å². The van der Waals surface area contributed by atoms with Gasteiger partial charge in [0.05, 0.1) is 26.3 Å². The van der Waals surface area contributed by atoms with E-state index in [4.69, 9.17) is 14.2 Å². The molecule has 0 spiro atoms. The minimum absolute atomic E-state index is 0.290. The number of hydrogen-bond donors (Lipinski definition) is 0. The van der Waals surface area contributed by atoms with E-state index in [-0.39, 0.29) is 5.78 Å². The summed E-state index contributed by atoms with van der Waals surface area (Å²) in [6.45, 7) is 1.30. The van der Waals surface area contributed by atoms with Crippen LogP contribution in [0.15, 0.2) is 78.9 Å². The SMILES string of the molecule is COC(=O)[C@@]1(C#N)[C@@H]2C=Cc3ccccc3N2[C@@H](C(=O)c2ccc(OC(C)=O)cc2)[C@@H]1c1ccc(OC)cc1. The summed E-state index contributed by atoms with van der Waals surface area (Å²) in [5.41, 5.74) is 0.839. The summed E-state index contributed by atoms with van der Waals surface area (Å²) in [6, 6.07) is 21.4. The van der Waals surface area contributed by atoms with E-state index in [0.29, 0.717) is 22.6 Å². The number of ether oxygens (including phenoxy) is 3. The number of anilines is 1. The van der Waals surface area contributed by atoms with Gasteiger partial charge in [0.15, 0.2) is 11.2 Å². The summed E-state index contributed by atoms with van der Waals surface area (Å²) in [7, 11) is 2.80. The number of rotatable bonds is 6. The third kappa shape index (κ3) is 4.12. The Hall–Kier alpha value is -4.90. The summed E-state index contributed by atoms with van der Waals surface area (Å²) in [5, 5.41) is 10.7. The molecule has 0 saturated carbocycles. The Bertz CT molecular complexity index is 1510. The maximum absolute atomic E-state index is 14.4. The highest BCUT2D eigenvalue weighted by Gasteiger charge is 2.67. The van der Waals surface area contributed by atoms with Crippen LogP contribution in [0.1, 0.15) is 34.3 Å². The van der Waals surface area contributed by atoms with Gasteiger partial charge in [0, 0.05) is 24.1 Å². The first kappa shape index (κ1) is 25.7. The van der Waals surface area contributed by atoms with E-state index in [2.05, 4.69) is 6.07 Å². The van der Waals surface area contributed by atoms with Crippen LogP contribution in [0.3, 0.4) is 0 Å². The minimum Gasteiger partial charge on any atom is -0.497 e. The number of esters is 2. The van der Waals surface area contributed by atoms with E-state index < -0.39 is 35.4 Å². The molecule has 2 heterocycles. The number of carbonyl (C=O) groups is 3. The maximum atomic E-state index is 14.4. The topological polar surface area (TPSA) is 106 Å². The molecule has 1 fully saturated rings. The lowest BCUT2D eigenvalue weighted by atomic mass is 9.68. The Kier molecular flexibility index (Phi) is 6.67. The number of hydrogen-bond acceptors (Lipinski definition) is 8. The molecular formula is C31H26N2O6. The number of methoxy groups -OCH3 is 2. The number of nitriles is 1. The van der Waals surface area contributed by atoms with E-state index in [1.54, 1.807) is 61.7 Å². The summed E-state index contributed by atoms with van der Waals surface area (Å²) in [4.78, 5) is 41.2. The number of Topliss-reactive ketones (excluding diaryl/α,β-unsaturated/α-hetero) is 1. The quantitative estimate of drug-likeness (QED) is 0.264. The van der Waals surface area contributed by atoms with Gasteiger partial charge in [-0.05, 0) is 53.6 Å². The Balaban J connectivity index is 1.74. The highest BCUT2D eigenvalue weighted by atomic mass is 16.5. The molecule has 4 atom stereocenters. The lowest BCUT2D eigenvalue weighted by Crippen LogP contribution is -2.46. The average molecular weight is 523 g/mol. The molecule has 3 aromatic carbocycles. The molecule has 5 rings (SSSR count). The highest BCUT2D eigenvalue weighted by Crippen LogP contribution is 2.56. The second-order valence-corrected chi connectivity index (χ2v) is 9.42. The number of carbonyl (C=O) groups excluding carboxylic acids is 3. The standard InChI is InChI=1S/C31H26N2O6/c1-19(34)39-24-15-10-22(11-16-24)29(35)28-27(21-8-13-23(37-2)14-9-21)31(18-32,30(36)38-3)26-17-12-20-6-4-5-7-25(20)33(26)28/h4-17,26-28H,1-3H3/t26-,27-,28+,31-/m0/s1. The molecule has 0 N–H and O–H groups in total. The van der Waals surface area contributed by atoms with Crippen LogP contribution in [0.4, 0.5) is 5.69 Å². The van der Waals surface area contributed by atoms with Crippen molar-refractivity contribution in [2.75, 3.05) is 19.1 Å². The fraction of sp³-hybridized carbons (Fsp3) is 0.226. The van der Waals surface area contributed by atoms with Gasteiger partial charge >= 0.3 is 11.9 Å². The van der Waals surface area contributed by atoms with Crippen LogP contribution < -0.4 is 14.4 Å². The molecule has 3 aromatic rings. The van der Waals surface area contributed by atoms with Gasteiger partial charge in [-0.15, -0.1) is 0 Å².